The van der Waals surface area contributed by atoms with Gasteiger partial charge in [0, 0.05) is 18.3 Å². The summed E-state index contributed by atoms with van der Waals surface area (Å²) >= 11 is 6.29. The van der Waals surface area contributed by atoms with Crippen LogP contribution < -0.4 is 0 Å². The summed E-state index contributed by atoms with van der Waals surface area (Å²) in [6.07, 6.45) is 1.66. The molecule has 0 aliphatic rings. The Morgan fingerprint density at radius 2 is 1.92 bits per heavy atom. The lowest BCUT2D eigenvalue weighted by Gasteiger charge is -2.19. The Hall–Kier alpha value is -2.34. The number of likely N-dealkylation sites (N-methyl/N-ethyl adjacent to an activating group) is 1. The molecule has 1 heterocycles. The number of hydrogen-bond acceptors (Lipinski definition) is 3. The maximum absolute atomic E-state index is 12.9. The van der Waals surface area contributed by atoms with E-state index < -0.39 is 5.97 Å². The normalized spacial score (nSPS) is 11.4. The highest BCUT2D eigenvalue weighted by Crippen LogP contribution is 2.31. The Morgan fingerprint density at radius 3 is 2.44 bits per heavy atom. The molecule has 2 rings (SSSR count). The fraction of sp³-hybridized carbons (Fsp3) is 0.389. The fourth-order valence-electron chi connectivity index (χ4n) is 2.39. The Balaban J connectivity index is 2.59. The molecular weight excluding hydrogens is 342 g/mol. The Morgan fingerprint density at radius 1 is 1.28 bits per heavy atom. The third-order valence-electron chi connectivity index (χ3n) is 3.76. The van der Waals surface area contributed by atoms with Gasteiger partial charge in [0.05, 0.1) is 16.1 Å². The molecule has 0 atom stereocenters. The number of amides is 1. The van der Waals surface area contributed by atoms with Crippen molar-refractivity contribution in [1.29, 1.82) is 0 Å². The van der Waals surface area contributed by atoms with Crippen LogP contribution in [0.3, 0.4) is 0 Å². The second-order valence-electron chi connectivity index (χ2n) is 6.70. The zero-order chi connectivity index (χ0) is 18.8. The van der Waals surface area contributed by atoms with Crippen molar-refractivity contribution in [3.63, 3.8) is 0 Å². The maximum Gasteiger partial charge on any atom is 0.323 e. The first-order chi connectivity index (χ1) is 11.6. The number of carbonyl (C=O) groups excluding carboxylic acids is 1. The van der Waals surface area contributed by atoms with E-state index in [0.717, 1.165) is 0 Å². The van der Waals surface area contributed by atoms with Crippen molar-refractivity contribution in [2.75, 3.05) is 13.1 Å². The summed E-state index contributed by atoms with van der Waals surface area (Å²) in [4.78, 5) is 25.2. The molecule has 1 aromatic carbocycles. The van der Waals surface area contributed by atoms with Crippen LogP contribution in [0.1, 0.15) is 38.1 Å². The monoisotopic (exact) mass is 363 g/mol. The van der Waals surface area contributed by atoms with E-state index >= 15 is 0 Å². The minimum Gasteiger partial charge on any atom is -0.480 e. The largest absolute Gasteiger partial charge is 0.480 e. The van der Waals surface area contributed by atoms with E-state index in [4.69, 9.17) is 16.7 Å². The quantitative estimate of drug-likeness (QED) is 0.882. The highest BCUT2D eigenvalue weighted by molar-refractivity contribution is 6.33. The number of carboxylic acid groups (broad SMARTS) is 1. The summed E-state index contributed by atoms with van der Waals surface area (Å²) in [5, 5.41) is 14.1. The van der Waals surface area contributed by atoms with Crippen molar-refractivity contribution >= 4 is 23.5 Å². The summed E-state index contributed by atoms with van der Waals surface area (Å²) < 4.78 is 1.70. The Labute approximate surface area is 152 Å². The molecule has 7 heteroatoms. The second-order valence-corrected chi connectivity index (χ2v) is 7.11. The van der Waals surface area contributed by atoms with E-state index in [2.05, 4.69) is 5.10 Å². The van der Waals surface area contributed by atoms with E-state index in [1.54, 1.807) is 36.0 Å². The van der Waals surface area contributed by atoms with Gasteiger partial charge in [0.15, 0.2) is 0 Å². The number of halogens is 1. The molecule has 6 nitrogen and oxygen atoms in total. The van der Waals surface area contributed by atoms with Crippen molar-refractivity contribution in [3.8, 4) is 11.3 Å². The summed E-state index contributed by atoms with van der Waals surface area (Å²) in [6.45, 7) is 7.58. The molecule has 0 bridgehead atoms. The van der Waals surface area contributed by atoms with Crippen molar-refractivity contribution < 1.29 is 14.7 Å². The molecule has 0 unspecified atom stereocenters. The Kier molecular flexibility index (Phi) is 5.52. The summed E-state index contributed by atoms with van der Waals surface area (Å²) in [7, 11) is 0. The predicted molar refractivity (Wildman–Crippen MR) is 96.9 cm³/mol. The molecule has 1 aromatic heterocycles. The maximum atomic E-state index is 12.9. The zero-order valence-corrected chi connectivity index (χ0v) is 15.5. The molecule has 0 saturated heterocycles. The van der Waals surface area contributed by atoms with E-state index in [1.807, 2.05) is 26.8 Å². The number of rotatable bonds is 5. The lowest BCUT2D eigenvalue weighted by Crippen LogP contribution is -2.35. The molecule has 1 N–H and O–H groups in total. The average Bonchev–Trinajstić information content (AvgIpc) is 2.97. The standard InChI is InChI=1S/C18H22ClN3O3/c1-5-21(11-15(23)24)17(25)13-10-22(18(2,3)4)20-16(13)12-8-6-7-9-14(12)19/h6-10H,5,11H2,1-4H3,(H,23,24). The number of hydrogen-bond donors (Lipinski definition) is 1. The molecule has 0 radical (unpaired) electrons. The first-order valence-corrected chi connectivity index (χ1v) is 8.39. The molecule has 0 aliphatic carbocycles. The predicted octanol–water partition coefficient (Wildman–Crippen LogP) is 3.51. The molecule has 0 aliphatic heterocycles. The number of aromatic nitrogens is 2. The van der Waals surface area contributed by atoms with Gasteiger partial charge < -0.3 is 10.0 Å². The Bertz CT molecular complexity index is 793. The SMILES string of the molecule is CCN(CC(=O)O)C(=O)c1cn(C(C)(C)C)nc1-c1ccccc1Cl. The smallest absolute Gasteiger partial charge is 0.323 e. The van der Waals surface area contributed by atoms with E-state index in [-0.39, 0.29) is 24.5 Å². The minimum atomic E-state index is -1.06. The van der Waals surface area contributed by atoms with Gasteiger partial charge in [-0.05, 0) is 33.8 Å². The van der Waals surface area contributed by atoms with Gasteiger partial charge in [0.1, 0.15) is 12.2 Å². The lowest BCUT2D eigenvalue weighted by molar-refractivity contribution is -0.137. The van der Waals surface area contributed by atoms with Crippen LogP contribution in [-0.2, 0) is 10.3 Å². The van der Waals surface area contributed by atoms with E-state index in [9.17, 15) is 9.59 Å². The van der Waals surface area contributed by atoms with Crippen LogP contribution >= 0.6 is 11.6 Å². The van der Waals surface area contributed by atoms with Crippen LogP contribution in [0.25, 0.3) is 11.3 Å². The van der Waals surface area contributed by atoms with Crippen LogP contribution in [0.15, 0.2) is 30.5 Å². The van der Waals surface area contributed by atoms with E-state index in [0.29, 0.717) is 21.8 Å². The molecule has 0 saturated carbocycles. The third kappa shape index (κ3) is 4.20. The number of nitrogens with zero attached hydrogens (tertiary/aromatic N) is 3. The molecule has 134 valence electrons. The number of carboxylic acids is 1. The minimum absolute atomic E-state index is 0.286. The van der Waals surface area contributed by atoms with Crippen LogP contribution in [0, 0.1) is 0 Å². The van der Waals surface area contributed by atoms with Crippen molar-refractivity contribution in [2.45, 2.75) is 33.2 Å². The fourth-order valence-corrected chi connectivity index (χ4v) is 2.61. The molecule has 1 amide bonds. The van der Waals surface area contributed by atoms with Crippen LogP contribution in [0.4, 0.5) is 0 Å². The van der Waals surface area contributed by atoms with Crippen LogP contribution in [0.2, 0.25) is 5.02 Å². The number of benzene rings is 1. The van der Waals surface area contributed by atoms with Crippen molar-refractivity contribution in [3.05, 3.63) is 41.0 Å². The van der Waals surface area contributed by atoms with Crippen molar-refractivity contribution in [1.82, 2.24) is 14.7 Å². The molecular formula is C18H22ClN3O3. The third-order valence-corrected chi connectivity index (χ3v) is 4.09. The second kappa shape index (κ2) is 7.27. The highest BCUT2D eigenvalue weighted by Gasteiger charge is 2.27. The topological polar surface area (TPSA) is 75.4 Å². The summed E-state index contributed by atoms with van der Waals surface area (Å²) in [5.41, 5.74) is 1.10. The van der Waals surface area contributed by atoms with Gasteiger partial charge in [-0.1, -0.05) is 29.8 Å². The van der Waals surface area contributed by atoms with Gasteiger partial charge in [-0.3, -0.25) is 14.3 Å². The van der Waals surface area contributed by atoms with Gasteiger partial charge in [-0.2, -0.15) is 5.10 Å². The van der Waals surface area contributed by atoms with Gasteiger partial charge in [-0.25, -0.2) is 0 Å². The first-order valence-electron chi connectivity index (χ1n) is 8.01. The van der Waals surface area contributed by atoms with Gasteiger partial charge in [0.25, 0.3) is 5.91 Å². The molecule has 0 fully saturated rings. The van der Waals surface area contributed by atoms with Crippen LogP contribution in [0.5, 0.6) is 0 Å². The van der Waals surface area contributed by atoms with Crippen LogP contribution in [-0.4, -0.2) is 44.8 Å². The molecule has 0 spiro atoms. The van der Waals surface area contributed by atoms with Gasteiger partial charge in [-0.15, -0.1) is 0 Å². The highest BCUT2D eigenvalue weighted by atomic mass is 35.5. The first kappa shape index (κ1) is 19.0. The van der Waals surface area contributed by atoms with Gasteiger partial charge >= 0.3 is 5.97 Å². The van der Waals surface area contributed by atoms with Gasteiger partial charge in [0.2, 0.25) is 0 Å². The molecule has 2 aromatic rings. The average molecular weight is 364 g/mol. The zero-order valence-electron chi connectivity index (χ0n) is 14.8. The summed E-state index contributed by atoms with van der Waals surface area (Å²) in [6, 6.07) is 7.15. The van der Waals surface area contributed by atoms with E-state index in [1.165, 1.54) is 4.90 Å². The summed E-state index contributed by atoms with van der Waals surface area (Å²) in [5.74, 6) is -1.44. The number of carbonyl (C=O) groups is 2. The van der Waals surface area contributed by atoms with Crippen molar-refractivity contribution in [2.24, 2.45) is 0 Å². The number of aliphatic carboxylic acids is 1. The lowest BCUT2D eigenvalue weighted by atomic mass is 10.1. The molecule has 25 heavy (non-hydrogen) atoms.